The zero-order chi connectivity index (χ0) is 20.5. The first kappa shape index (κ1) is 18.4. The summed E-state index contributed by atoms with van der Waals surface area (Å²) in [5.41, 5.74) is 2.42. The van der Waals surface area contributed by atoms with Gasteiger partial charge in [-0.25, -0.2) is 19.3 Å². The predicted octanol–water partition coefficient (Wildman–Crippen LogP) is 3.08. The third-order valence-electron chi connectivity index (χ3n) is 4.61. The van der Waals surface area contributed by atoms with Crippen LogP contribution in [0.4, 0.5) is 5.82 Å². The molecule has 145 valence electrons. The molecular formula is C21H18N5O3. The van der Waals surface area contributed by atoms with E-state index in [1.165, 1.54) is 16.7 Å². The van der Waals surface area contributed by atoms with Crippen LogP contribution in [0, 0.1) is 0 Å². The minimum Gasteiger partial charge on any atom is -0.508 e. The number of amides is 1. The van der Waals surface area contributed by atoms with E-state index >= 15 is 0 Å². The van der Waals surface area contributed by atoms with Gasteiger partial charge >= 0.3 is 12.1 Å². The standard InChI is InChI=1S/C21H18N5O3/c1-12(2)15-8-3-4-9-16(15)26-20-17(23-21(26)29)19(22-11-27)24-18(25-20)13-6-5-7-14(28)10-13/h3-10,12,28H,1-2H3,(H,23,29)(H,22,24,25,27). The number of H-pyrrole nitrogens is 1. The number of nitrogens with one attached hydrogen (secondary N) is 2. The number of hydrogen-bond acceptors (Lipinski definition) is 5. The van der Waals surface area contributed by atoms with Crippen molar-refractivity contribution in [3.63, 3.8) is 0 Å². The monoisotopic (exact) mass is 388 g/mol. The molecule has 0 saturated heterocycles. The Bertz CT molecular complexity index is 1270. The lowest BCUT2D eigenvalue weighted by Crippen LogP contribution is -2.17. The fraction of sp³-hybridized carbons (Fsp3) is 0.143. The second kappa shape index (κ2) is 7.23. The molecule has 2 aromatic heterocycles. The normalized spacial score (nSPS) is 11.1. The summed E-state index contributed by atoms with van der Waals surface area (Å²) < 4.78 is 1.47. The lowest BCUT2D eigenvalue weighted by Gasteiger charge is -2.13. The van der Waals surface area contributed by atoms with E-state index in [9.17, 15) is 14.7 Å². The fourth-order valence-corrected chi connectivity index (χ4v) is 3.30. The summed E-state index contributed by atoms with van der Waals surface area (Å²) in [5.74, 6) is 0.609. The second-order valence-electron chi connectivity index (χ2n) is 6.85. The number of para-hydroxylation sites is 1. The van der Waals surface area contributed by atoms with Crippen LogP contribution in [0.15, 0.2) is 53.3 Å². The van der Waals surface area contributed by atoms with Crippen LogP contribution in [0.5, 0.6) is 5.75 Å². The summed E-state index contributed by atoms with van der Waals surface area (Å²) in [5, 5.41) is 12.2. The Hall–Kier alpha value is -3.94. The van der Waals surface area contributed by atoms with Crippen molar-refractivity contribution in [3.8, 4) is 22.8 Å². The smallest absolute Gasteiger partial charge is 0.332 e. The molecule has 0 saturated carbocycles. The summed E-state index contributed by atoms with van der Waals surface area (Å²) in [6.45, 7) is 4.08. The van der Waals surface area contributed by atoms with E-state index in [1.54, 1.807) is 18.5 Å². The molecule has 2 aromatic carbocycles. The molecular weight excluding hydrogens is 370 g/mol. The van der Waals surface area contributed by atoms with E-state index in [0.717, 1.165) is 5.56 Å². The number of carbonyl (C=O) groups excluding carboxylic acids is 1. The average molecular weight is 388 g/mol. The maximum absolute atomic E-state index is 12.8. The van der Waals surface area contributed by atoms with E-state index in [-0.39, 0.29) is 23.3 Å². The Kier molecular flexibility index (Phi) is 4.59. The highest BCUT2D eigenvalue weighted by atomic mass is 16.3. The van der Waals surface area contributed by atoms with Crippen molar-refractivity contribution in [1.82, 2.24) is 19.5 Å². The van der Waals surface area contributed by atoms with Crippen LogP contribution in [0.1, 0.15) is 25.3 Å². The number of aromatic amines is 1. The summed E-state index contributed by atoms with van der Waals surface area (Å²) >= 11 is 0. The van der Waals surface area contributed by atoms with E-state index in [4.69, 9.17) is 0 Å². The Morgan fingerprint density at radius 3 is 2.66 bits per heavy atom. The molecule has 4 rings (SSSR count). The Balaban J connectivity index is 2.06. The number of hydrogen-bond donors (Lipinski definition) is 3. The molecule has 1 amide bonds. The van der Waals surface area contributed by atoms with Crippen LogP contribution >= 0.6 is 0 Å². The number of nitrogens with zero attached hydrogens (tertiary/aromatic N) is 3. The fourth-order valence-electron chi connectivity index (χ4n) is 3.30. The SMILES string of the molecule is CC(C)c1ccccc1-n1c(=O)[nH]c2c(N[C]=O)nc(-c3cccc(O)c3)nc21. The number of phenols is 1. The molecule has 0 fully saturated rings. The van der Waals surface area contributed by atoms with Gasteiger partial charge in [-0.15, -0.1) is 0 Å². The molecule has 0 spiro atoms. The summed E-state index contributed by atoms with van der Waals surface area (Å²) in [4.78, 5) is 35.5. The highest BCUT2D eigenvalue weighted by Gasteiger charge is 2.19. The molecule has 2 heterocycles. The average Bonchev–Trinajstić information content (AvgIpc) is 3.04. The van der Waals surface area contributed by atoms with Gasteiger partial charge in [0, 0.05) is 5.56 Å². The van der Waals surface area contributed by atoms with Gasteiger partial charge in [-0.1, -0.05) is 44.2 Å². The lowest BCUT2D eigenvalue weighted by atomic mass is 10.0. The maximum atomic E-state index is 12.8. The number of imidazole rings is 1. The molecule has 8 heteroatoms. The molecule has 0 aliphatic carbocycles. The first-order chi connectivity index (χ1) is 14.0. The van der Waals surface area contributed by atoms with Crippen molar-refractivity contribution < 1.29 is 9.90 Å². The maximum Gasteiger partial charge on any atom is 0.332 e. The van der Waals surface area contributed by atoms with Crippen LogP contribution in [-0.4, -0.2) is 31.0 Å². The minimum absolute atomic E-state index is 0.0549. The van der Waals surface area contributed by atoms with Crippen molar-refractivity contribution in [1.29, 1.82) is 0 Å². The lowest BCUT2D eigenvalue weighted by molar-refractivity contribution is 0.475. The van der Waals surface area contributed by atoms with Gasteiger partial charge < -0.3 is 15.4 Å². The largest absolute Gasteiger partial charge is 0.508 e. The van der Waals surface area contributed by atoms with Crippen LogP contribution in [0.3, 0.4) is 0 Å². The van der Waals surface area contributed by atoms with E-state index in [2.05, 4.69) is 20.3 Å². The van der Waals surface area contributed by atoms with Crippen molar-refractivity contribution >= 4 is 23.4 Å². The number of benzene rings is 2. The summed E-state index contributed by atoms with van der Waals surface area (Å²) in [7, 11) is 0. The Morgan fingerprint density at radius 1 is 1.14 bits per heavy atom. The predicted molar refractivity (Wildman–Crippen MR) is 110 cm³/mol. The van der Waals surface area contributed by atoms with Crippen molar-refractivity contribution in [2.24, 2.45) is 0 Å². The summed E-state index contributed by atoms with van der Waals surface area (Å²) in [6, 6.07) is 14.0. The quantitative estimate of drug-likeness (QED) is 0.455. The minimum atomic E-state index is -0.399. The van der Waals surface area contributed by atoms with Crippen molar-refractivity contribution in [3.05, 3.63) is 64.6 Å². The molecule has 0 aliphatic heterocycles. The van der Waals surface area contributed by atoms with Gasteiger partial charge in [0.2, 0.25) is 0 Å². The Morgan fingerprint density at radius 2 is 1.93 bits per heavy atom. The van der Waals surface area contributed by atoms with Gasteiger partial charge in [0.15, 0.2) is 17.3 Å². The number of rotatable bonds is 5. The molecule has 0 unspecified atom stereocenters. The topological polar surface area (TPSA) is 113 Å². The number of anilines is 1. The van der Waals surface area contributed by atoms with Crippen LogP contribution in [-0.2, 0) is 4.79 Å². The zero-order valence-corrected chi connectivity index (χ0v) is 15.8. The highest BCUT2D eigenvalue weighted by molar-refractivity contribution is 5.91. The van der Waals surface area contributed by atoms with E-state index in [1.807, 2.05) is 38.1 Å². The highest BCUT2D eigenvalue weighted by Crippen LogP contribution is 2.28. The third kappa shape index (κ3) is 3.25. The second-order valence-corrected chi connectivity index (χ2v) is 6.85. The van der Waals surface area contributed by atoms with Gasteiger partial charge in [-0.3, -0.25) is 4.79 Å². The van der Waals surface area contributed by atoms with Gasteiger partial charge in [0.05, 0.1) is 5.69 Å². The van der Waals surface area contributed by atoms with Crippen LogP contribution in [0.2, 0.25) is 0 Å². The first-order valence-corrected chi connectivity index (χ1v) is 9.04. The molecule has 0 bridgehead atoms. The number of fused-ring (bicyclic) bond motifs is 1. The van der Waals surface area contributed by atoms with Crippen LogP contribution < -0.4 is 11.0 Å². The zero-order valence-electron chi connectivity index (χ0n) is 15.8. The molecule has 0 aliphatic rings. The molecule has 0 atom stereocenters. The molecule has 1 radical (unpaired) electrons. The van der Waals surface area contributed by atoms with E-state index in [0.29, 0.717) is 22.4 Å². The Labute approximate surface area is 165 Å². The molecule has 29 heavy (non-hydrogen) atoms. The van der Waals surface area contributed by atoms with Crippen molar-refractivity contribution in [2.75, 3.05) is 5.32 Å². The molecule has 3 N–H and O–H groups in total. The van der Waals surface area contributed by atoms with Crippen molar-refractivity contribution in [2.45, 2.75) is 19.8 Å². The number of aromatic hydroxyl groups is 1. The third-order valence-corrected chi connectivity index (χ3v) is 4.61. The summed E-state index contributed by atoms with van der Waals surface area (Å²) in [6.07, 6.45) is 1.59. The van der Waals surface area contributed by atoms with Gasteiger partial charge in [0.25, 0.3) is 0 Å². The van der Waals surface area contributed by atoms with Gasteiger partial charge in [-0.05, 0) is 29.7 Å². The number of phenolic OH excluding ortho intramolecular Hbond substituents is 1. The molecule has 8 nitrogen and oxygen atoms in total. The van der Waals surface area contributed by atoms with E-state index < -0.39 is 5.69 Å². The first-order valence-electron chi connectivity index (χ1n) is 9.04. The van der Waals surface area contributed by atoms with Gasteiger partial charge in [0.1, 0.15) is 11.3 Å². The molecule has 4 aromatic rings. The van der Waals surface area contributed by atoms with Crippen LogP contribution in [0.25, 0.3) is 28.2 Å². The number of aromatic nitrogens is 4. The van der Waals surface area contributed by atoms with Gasteiger partial charge in [-0.2, -0.15) is 0 Å².